The molecule has 1 nitrogen and oxygen atoms in total. The molecule has 1 aromatic rings. The highest BCUT2D eigenvalue weighted by Gasteiger charge is 2.17. The van der Waals surface area contributed by atoms with E-state index >= 15 is 0 Å². The van der Waals surface area contributed by atoms with Crippen LogP contribution in [-0.4, -0.2) is 6.54 Å². The Labute approximate surface area is 93.1 Å². The SMILES string of the molecule is Cc1ccc(I)cc1[C@@H]1CCCN1. The first-order valence-corrected chi connectivity index (χ1v) is 5.84. The summed E-state index contributed by atoms with van der Waals surface area (Å²) in [6.45, 7) is 3.38. The molecule has 1 saturated heterocycles. The van der Waals surface area contributed by atoms with Crippen molar-refractivity contribution in [3.63, 3.8) is 0 Å². The number of halogens is 1. The molecule has 0 spiro atoms. The highest BCUT2D eigenvalue weighted by Crippen LogP contribution is 2.26. The minimum atomic E-state index is 0.606. The lowest BCUT2D eigenvalue weighted by atomic mass is 10.0. The molecule has 1 N–H and O–H groups in total. The van der Waals surface area contributed by atoms with Crippen LogP contribution in [0.4, 0.5) is 0 Å². The molecule has 0 aromatic heterocycles. The molecule has 0 bridgehead atoms. The van der Waals surface area contributed by atoms with Crippen LogP contribution in [0.1, 0.15) is 30.0 Å². The van der Waals surface area contributed by atoms with Crippen LogP contribution in [0.15, 0.2) is 18.2 Å². The summed E-state index contributed by atoms with van der Waals surface area (Å²) in [5.74, 6) is 0. The van der Waals surface area contributed by atoms with Crippen molar-refractivity contribution in [2.24, 2.45) is 0 Å². The molecule has 0 amide bonds. The van der Waals surface area contributed by atoms with Crippen LogP contribution in [-0.2, 0) is 0 Å². The normalized spacial score (nSPS) is 22.2. The second-order valence-corrected chi connectivity index (χ2v) is 4.90. The van der Waals surface area contributed by atoms with Crippen LogP contribution < -0.4 is 5.32 Å². The molecule has 1 aliphatic rings. The second kappa shape index (κ2) is 3.96. The van der Waals surface area contributed by atoms with E-state index < -0.39 is 0 Å². The lowest BCUT2D eigenvalue weighted by Crippen LogP contribution is -2.14. The van der Waals surface area contributed by atoms with Gasteiger partial charge in [-0.25, -0.2) is 0 Å². The lowest BCUT2D eigenvalue weighted by Gasteiger charge is -2.13. The molecule has 1 aliphatic heterocycles. The maximum absolute atomic E-state index is 3.54. The number of rotatable bonds is 1. The van der Waals surface area contributed by atoms with Gasteiger partial charge in [-0.1, -0.05) is 6.07 Å². The zero-order valence-electron chi connectivity index (χ0n) is 7.81. The highest BCUT2D eigenvalue weighted by molar-refractivity contribution is 14.1. The summed E-state index contributed by atoms with van der Waals surface area (Å²) in [6, 6.07) is 7.30. The van der Waals surface area contributed by atoms with Crippen molar-refractivity contribution >= 4 is 22.6 Å². The van der Waals surface area contributed by atoms with Crippen molar-refractivity contribution in [3.05, 3.63) is 32.9 Å². The first-order chi connectivity index (χ1) is 6.27. The third kappa shape index (κ3) is 2.05. The average Bonchev–Trinajstić information content (AvgIpc) is 2.61. The van der Waals surface area contributed by atoms with Crippen LogP contribution in [0, 0.1) is 10.5 Å². The Balaban J connectivity index is 2.32. The Morgan fingerprint density at radius 1 is 1.46 bits per heavy atom. The number of hydrogen-bond acceptors (Lipinski definition) is 1. The largest absolute Gasteiger partial charge is 0.310 e. The minimum absolute atomic E-state index is 0.606. The summed E-state index contributed by atoms with van der Waals surface area (Å²) in [7, 11) is 0. The first-order valence-electron chi connectivity index (χ1n) is 4.77. The predicted octanol–water partition coefficient (Wildman–Crippen LogP) is 3.02. The van der Waals surface area contributed by atoms with E-state index in [-0.39, 0.29) is 0 Å². The quantitative estimate of drug-likeness (QED) is 0.783. The van der Waals surface area contributed by atoms with Gasteiger partial charge in [0.2, 0.25) is 0 Å². The Morgan fingerprint density at radius 2 is 2.31 bits per heavy atom. The molecule has 1 atom stereocenters. The van der Waals surface area contributed by atoms with E-state index in [4.69, 9.17) is 0 Å². The van der Waals surface area contributed by atoms with Gasteiger partial charge in [-0.2, -0.15) is 0 Å². The molecule has 2 rings (SSSR count). The van der Waals surface area contributed by atoms with Crippen molar-refractivity contribution < 1.29 is 0 Å². The summed E-state index contributed by atoms with van der Waals surface area (Å²) in [4.78, 5) is 0. The van der Waals surface area contributed by atoms with Gasteiger partial charge in [0.25, 0.3) is 0 Å². The van der Waals surface area contributed by atoms with Crippen LogP contribution in [0.5, 0.6) is 0 Å². The molecule has 70 valence electrons. The second-order valence-electron chi connectivity index (χ2n) is 3.65. The van der Waals surface area contributed by atoms with Crippen LogP contribution in [0.3, 0.4) is 0 Å². The minimum Gasteiger partial charge on any atom is -0.310 e. The van der Waals surface area contributed by atoms with Crippen molar-refractivity contribution in [1.82, 2.24) is 5.32 Å². The fraction of sp³-hybridized carbons (Fsp3) is 0.455. The third-order valence-corrected chi connectivity index (χ3v) is 3.35. The molecular weight excluding hydrogens is 273 g/mol. The van der Waals surface area contributed by atoms with E-state index in [9.17, 15) is 0 Å². The van der Waals surface area contributed by atoms with Gasteiger partial charge < -0.3 is 5.32 Å². The van der Waals surface area contributed by atoms with Gasteiger partial charge in [-0.05, 0) is 72.2 Å². The number of nitrogens with one attached hydrogen (secondary N) is 1. The standard InChI is InChI=1S/C11H14IN/c1-8-4-5-9(12)7-10(8)11-3-2-6-13-11/h4-5,7,11,13H,2-3,6H2,1H3/t11-/m0/s1. The predicted molar refractivity (Wildman–Crippen MR) is 63.9 cm³/mol. The molecule has 1 heterocycles. The molecule has 0 radical (unpaired) electrons. The third-order valence-electron chi connectivity index (χ3n) is 2.68. The highest BCUT2D eigenvalue weighted by atomic mass is 127. The smallest absolute Gasteiger partial charge is 0.0323 e. The van der Waals surface area contributed by atoms with Crippen LogP contribution >= 0.6 is 22.6 Å². The monoisotopic (exact) mass is 287 g/mol. The Bertz CT molecular complexity index is 303. The maximum Gasteiger partial charge on any atom is 0.0323 e. The van der Waals surface area contributed by atoms with Crippen molar-refractivity contribution in [1.29, 1.82) is 0 Å². The van der Waals surface area contributed by atoms with Crippen molar-refractivity contribution in [2.45, 2.75) is 25.8 Å². The van der Waals surface area contributed by atoms with Gasteiger partial charge in [0.1, 0.15) is 0 Å². The van der Waals surface area contributed by atoms with Gasteiger partial charge in [0, 0.05) is 9.61 Å². The fourth-order valence-electron chi connectivity index (χ4n) is 1.94. The van der Waals surface area contributed by atoms with Gasteiger partial charge in [-0.15, -0.1) is 0 Å². The Hall–Kier alpha value is -0.0900. The molecule has 2 heteroatoms. The molecule has 13 heavy (non-hydrogen) atoms. The van der Waals surface area contributed by atoms with Gasteiger partial charge in [0.15, 0.2) is 0 Å². The van der Waals surface area contributed by atoms with E-state index in [0.29, 0.717) is 6.04 Å². The van der Waals surface area contributed by atoms with Crippen molar-refractivity contribution in [2.75, 3.05) is 6.54 Å². The van der Waals surface area contributed by atoms with E-state index in [2.05, 4.69) is 53.0 Å². The zero-order chi connectivity index (χ0) is 9.26. The summed E-state index contributed by atoms with van der Waals surface area (Å²) in [5.41, 5.74) is 2.91. The fourth-order valence-corrected chi connectivity index (χ4v) is 2.45. The van der Waals surface area contributed by atoms with E-state index in [1.165, 1.54) is 34.1 Å². The van der Waals surface area contributed by atoms with E-state index in [1.54, 1.807) is 0 Å². The van der Waals surface area contributed by atoms with E-state index in [1.807, 2.05) is 0 Å². The topological polar surface area (TPSA) is 12.0 Å². The number of benzene rings is 1. The summed E-state index contributed by atoms with van der Waals surface area (Å²) < 4.78 is 1.34. The number of aryl methyl sites for hydroxylation is 1. The van der Waals surface area contributed by atoms with Gasteiger partial charge in [0.05, 0.1) is 0 Å². The summed E-state index contributed by atoms with van der Waals surface area (Å²) in [5, 5.41) is 3.54. The van der Waals surface area contributed by atoms with Crippen LogP contribution in [0.25, 0.3) is 0 Å². The molecular formula is C11H14IN. The molecule has 0 saturated carbocycles. The first kappa shape index (κ1) is 9.46. The molecule has 1 aromatic carbocycles. The average molecular weight is 287 g/mol. The summed E-state index contributed by atoms with van der Waals surface area (Å²) >= 11 is 2.38. The molecule has 0 unspecified atom stereocenters. The van der Waals surface area contributed by atoms with E-state index in [0.717, 1.165) is 0 Å². The zero-order valence-corrected chi connectivity index (χ0v) is 9.97. The Kier molecular flexibility index (Phi) is 2.89. The van der Waals surface area contributed by atoms with Crippen LogP contribution in [0.2, 0.25) is 0 Å². The summed E-state index contributed by atoms with van der Waals surface area (Å²) in [6.07, 6.45) is 2.61. The van der Waals surface area contributed by atoms with Gasteiger partial charge in [-0.3, -0.25) is 0 Å². The molecule has 1 fully saturated rings. The van der Waals surface area contributed by atoms with Gasteiger partial charge >= 0.3 is 0 Å². The Morgan fingerprint density at radius 3 is 3.00 bits per heavy atom. The number of hydrogen-bond donors (Lipinski definition) is 1. The maximum atomic E-state index is 3.54. The lowest BCUT2D eigenvalue weighted by molar-refractivity contribution is 0.643. The van der Waals surface area contributed by atoms with Crippen molar-refractivity contribution in [3.8, 4) is 0 Å². The molecule has 0 aliphatic carbocycles.